The van der Waals surface area contributed by atoms with Crippen LogP contribution in [0, 0.1) is 0 Å². The van der Waals surface area contributed by atoms with Gasteiger partial charge in [0.25, 0.3) is 0 Å². The topological polar surface area (TPSA) is 125 Å². The summed E-state index contributed by atoms with van der Waals surface area (Å²) in [5.41, 5.74) is 3.82. The summed E-state index contributed by atoms with van der Waals surface area (Å²) in [5.74, 6) is 1.49. The Morgan fingerprint density at radius 3 is 1.38 bits per heavy atom. The van der Waals surface area contributed by atoms with E-state index in [-0.39, 0.29) is 19.8 Å². The highest BCUT2D eigenvalue weighted by Crippen LogP contribution is 2.33. The van der Waals surface area contributed by atoms with Crippen molar-refractivity contribution in [2.24, 2.45) is 0 Å². The zero-order valence-electron chi connectivity index (χ0n) is 34.2. The van der Waals surface area contributed by atoms with Crippen molar-refractivity contribution in [2.75, 3.05) is 76.4 Å². The SMILES string of the molecule is COc1ccc(Cc2csc(N3CCN(S(=O)(=O)c4ccc(Cl)cc4Cl)CC3)n2)c(OC)c1.O=S(=O)(c1ccc(Cl)cc1Cl)N1CCN(c2nc(Cc3ccc(Cl)cc3Cl)cs2)CC1. The number of piperazine rings is 2. The lowest BCUT2D eigenvalue weighted by Gasteiger charge is -2.33. The van der Waals surface area contributed by atoms with Crippen molar-refractivity contribution in [2.45, 2.75) is 22.6 Å². The molecule has 0 atom stereocenters. The van der Waals surface area contributed by atoms with Gasteiger partial charge >= 0.3 is 0 Å². The molecule has 8 rings (SSSR count). The molecule has 4 aromatic carbocycles. The van der Waals surface area contributed by atoms with Crippen LogP contribution in [0.4, 0.5) is 10.3 Å². The maximum atomic E-state index is 13.0. The number of anilines is 2. The van der Waals surface area contributed by atoms with Crippen molar-refractivity contribution in [3.8, 4) is 11.5 Å². The number of hydrogen-bond donors (Lipinski definition) is 0. The van der Waals surface area contributed by atoms with Gasteiger partial charge in [-0.25, -0.2) is 26.8 Å². The minimum Gasteiger partial charge on any atom is -0.497 e. The smallest absolute Gasteiger partial charge is 0.244 e. The Hall–Kier alpha value is -3.10. The van der Waals surface area contributed by atoms with Crippen molar-refractivity contribution in [1.29, 1.82) is 0 Å². The van der Waals surface area contributed by atoms with E-state index in [1.165, 1.54) is 56.3 Å². The number of nitrogens with zero attached hydrogens (tertiary/aromatic N) is 6. The van der Waals surface area contributed by atoms with Gasteiger partial charge in [0.1, 0.15) is 21.3 Å². The number of sulfonamides is 2. The fourth-order valence-corrected chi connectivity index (χ4v) is 13.6. The van der Waals surface area contributed by atoms with Gasteiger partial charge < -0.3 is 19.3 Å². The van der Waals surface area contributed by atoms with Crippen molar-refractivity contribution in [1.82, 2.24) is 18.6 Å². The van der Waals surface area contributed by atoms with Gasteiger partial charge in [-0.3, -0.25) is 0 Å². The second-order valence-corrected chi connectivity index (χ2v) is 22.5. The van der Waals surface area contributed by atoms with Gasteiger partial charge in [0, 0.05) is 108 Å². The number of hydrogen-bond acceptors (Lipinski definition) is 12. The van der Waals surface area contributed by atoms with E-state index in [0.717, 1.165) is 44.3 Å². The summed E-state index contributed by atoms with van der Waals surface area (Å²) in [7, 11) is -4.12. The third kappa shape index (κ3) is 11.5. The van der Waals surface area contributed by atoms with E-state index in [4.69, 9.17) is 89.0 Å². The van der Waals surface area contributed by atoms with Gasteiger partial charge in [0.15, 0.2) is 10.3 Å². The highest BCUT2D eigenvalue weighted by atomic mass is 35.5. The molecule has 0 bridgehead atoms. The van der Waals surface area contributed by atoms with Crippen LogP contribution in [0.5, 0.6) is 11.5 Å². The molecule has 2 aromatic heterocycles. The minimum absolute atomic E-state index is 0.0726. The predicted molar refractivity (Wildman–Crippen MR) is 261 cm³/mol. The second-order valence-electron chi connectivity index (χ2n) is 14.4. The van der Waals surface area contributed by atoms with Gasteiger partial charge in [-0.2, -0.15) is 8.61 Å². The summed E-state index contributed by atoms with van der Waals surface area (Å²) in [4.78, 5) is 13.8. The van der Waals surface area contributed by atoms with Gasteiger partial charge in [-0.1, -0.05) is 81.7 Å². The summed E-state index contributed by atoms with van der Waals surface area (Å²) in [5, 5.41) is 8.02. The molecule has 64 heavy (non-hydrogen) atoms. The first-order valence-electron chi connectivity index (χ1n) is 19.5. The van der Waals surface area contributed by atoms with Gasteiger partial charge in [0.2, 0.25) is 20.0 Å². The molecule has 12 nitrogen and oxygen atoms in total. The Morgan fingerprint density at radius 2 is 0.953 bits per heavy atom. The molecule has 6 aromatic rings. The van der Waals surface area contributed by atoms with Crippen LogP contribution >= 0.6 is 92.3 Å². The van der Waals surface area contributed by atoms with Crippen LogP contribution in [0.25, 0.3) is 0 Å². The summed E-state index contributed by atoms with van der Waals surface area (Å²) in [6.45, 7) is 3.56. The standard InChI is InChI=1S/C22H23Cl2N3O4S2.C20H17Cl4N3O2S2/c1-30-18-5-3-15(20(13-18)31-2)11-17-14-32-22(25-17)26-7-9-27(10-8-26)33(28,29)21-6-4-16(23)12-19(21)24;21-14-2-1-13(17(23)10-14)9-16-12-30-20(25-16)26-5-7-27(8-6-26)31(28,29)19-4-3-15(22)11-18(19)24/h3-6,12-14H,7-11H2,1-2H3;1-4,10-12H,5-9H2. The number of rotatable bonds is 12. The normalized spacial score (nSPS) is 15.2. The van der Waals surface area contributed by atoms with Crippen LogP contribution in [-0.2, 0) is 32.9 Å². The van der Waals surface area contributed by atoms with Crippen LogP contribution in [0.2, 0.25) is 30.1 Å². The quantitative estimate of drug-likeness (QED) is 0.117. The second kappa shape index (κ2) is 21.2. The predicted octanol–water partition coefficient (Wildman–Crippen LogP) is 10.4. The molecule has 340 valence electrons. The largest absolute Gasteiger partial charge is 0.497 e. The molecule has 2 aliphatic heterocycles. The van der Waals surface area contributed by atoms with Crippen LogP contribution in [-0.4, -0.2) is 102 Å². The van der Waals surface area contributed by atoms with Crippen LogP contribution in [0.1, 0.15) is 22.5 Å². The molecule has 0 amide bonds. The highest BCUT2D eigenvalue weighted by Gasteiger charge is 2.32. The molecule has 0 N–H and O–H groups in total. The first kappa shape index (κ1) is 48.8. The van der Waals surface area contributed by atoms with Crippen molar-refractivity contribution in [3.05, 3.63) is 136 Å². The van der Waals surface area contributed by atoms with E-state index in [1.807, 2.05) is 41.1 Å². The molecule has 22 heteroatoms. The average molecular weight is 1070 g/mol. The molecule has 0 aliphatic carbocycles. The molecule has 2 saturated heterocycles. The molecule has 2 aliphatic rings. The van der Waals surface area contributed by atoms with E-state index < -0.39 is 20.0 Å². The van der Waals surface area contributed by atoms with Gasteiger partial charge in [-0.05, 0) is 60.2 Å². The van der Waals surface area contributed by atoms with Crippen LogP contribution in [0.15, 0.2) is 93.3 Å². The molecular weight excluding hydrogens is 1030 g/mol. The molecule has 0 unspecified atom stereocenters. The number of halogens is 6. The van der Waals surface area contributed by atoms with Crippen LogP contribution in [0.3, 0.4) is 0 Å². The Bertz CT molecular complexity index is 2830. The van der Waals surface area contributed by atoms with Crippen LogP contribution < -0.4 is 19.3 Å². The summed E-state index contributed by atoms with van der Waals surface area (Å²) in [6.07, 6.45) is 1.24. The van der Waals surface area contributed by atoms with Gasteiger partial charge in [-0.15, -0.1) is 22.7 Å². The molecule has 2 fully saturated rings. The molecule has 4 heterocycles. The van der Waals surface area contributed by atoms with Crippen molar-refractivity contribution >= 4 is 123 Å². The Labute approximate surface area is 410 Å². The number of thiazole rings is 2. The fraction of sp³-hybridized carbons (Fsp3) is 0.286. The number of ether oxygens (including phenoxy) is 2. The van der Waals surface area contributed by atoms with Crippen molar-refractivity contribution in [3.63, 3.8) is 0 Å². The van der Waals surface area contributed by atoms with E-state index in [9.17, 15) is 16.8 Å². The Morgan fingerprint density at radius 1 is 0.531 bits per heavy atom. The van der Waals surface area contributed by atoms with E-state index >= 15 is 0 Å². The van der Waals surface area contributed by atoms with E-state index in [0.29, 0.717) is 85.3 Å². The van der Waals surface area contributed by atoms with E-state index in [2.05, 4.69) is 9.80 Å². The summed E-state index contributed by atoms with van der Waals surface area (Å²) < 4.78 is 65.6. The zero-order chi connectivity index (χ0) is 45.8. The highest BCUT2D eigenvalue weighted by molar-refractivity contribution is 7.89. The Kier molecular flexibility index (Phi) is 16.2. The number of aromatic nitrogens is 2. The Balaban J connectivity index is 0.000000192. The first-order chi connectivity index (χ1) is 30.5. The first-order valence-corrected chi connectivity index (χ1v) is 26.4. The van der Waals surface area contributed by atoms with Gasteiger partial charge in [0.05, 0.1) is 35.7 Å². The van der Waals surface area contributed by atoms with Crippen molar-refractivity contribution < 1.29 is 26.3 Å². The lowest BCUT2D eigenvalue weighted by molar-refractivity contribution is 0.384. The number of methoxy groups -OCH3 is 2. The summed E-state index contributed by atoms with van der Waals surface area (Å²) >= 11 is 39.4. The molecule has 0 spiro atoms. The van der Waals surface area contributed by atoms with E-state index in [1.54, 1.807) is 31.6 Å². The average Bonchev–Trinajstić information content (AvgIpc) is 3.95. The summed E-state index contributed by atoms with van der Waals surface area (Å²) in [6, 6.07) is 20.0. The monoisotopic (exact) mass is 1060 g/mol. The lowest BCUT2D eigenvalue weighted by atomic mass is 10.1. The zero-order valence-corrected chi connectivity index (χ0v) is 42.0. The third-order valence-electron chi connectivity index (χ3n) is 10.4. The fourth-order valence-electron chi connectivity index (χ4n) is 6.99. The lowest BCUT2D eigenvalue weighted by Crippen LogP contribution is -2.48. The maximum absolute atomic E-state index is 13.0. The molecular formula is C42H40Cl6N6O6S4. The maximum Gasteiger partial charge on any atom is 0.244 e. The third-order valence-corrected chi connectivity index (χ3v) is 18.1. The molecule has 0 saturated carbocycles. The molecule has 0 radical (unpaired) electrons. The number of benzene rings is 4. The minimum atomic E-state index is -3.69.